The molecule has 2 rings (SSSR count). The van der Waals surface area contributed by atoms with Crippen molar-refractivity contribution in [3.05, 3.63) is 59.4 Å². The predicted octanol–water partition coefficient (Wildman–Crippen LogP) is 4.15. The second-order valence-electron chi connectivity index (χ2n) is 4.52. The van der Waals surface area contributed by atoms with Gasteiger partial charge in [0.1, 0.15) is 0 Å². The molecule has 1 aromatic carbocycles. The number of aromatic nitrogens is 1. The van der Waals surface area contributed by atoms with Gasteiger partial charge in [-0.25, -0.2) is 0 Å². The van der Waals surface area contributed by atoms with Crippen LogP contribution in [0.1, 0.15) is 29.7 Å². The molecule has 108 valence electrons. The molecule has 0 radical (unpaired) electrons. The highest BCUT2D eigenvalue weighted by atomic mass is 19.4. The monoisotopic (exact) mass is 291 g/mol. The van der Waals surface area contributed by atoms with Crippen LogP contribution < -0.4 is 5.32 Å². The molecule has 0 fully saturated rings. The summed E-state index contributed by atoms with van der Waals surface area (Å²) in [4.78, 5) is 3.94. The zero-order valence-corrected chi connectivity index (χ0v) is 11.1. The van der Waals surface area contributed by atoms with Crippen molar-refractivity contribution >= 4 is 5.69 Å². The zero-order chi connectivity index (χ0) is 15.5. The molecule has 1 N–H and O–H groups in total. The summed E-state index contributed by atoms with van der Waals surface area (Å²) >= 11 is 0. The van der Waals surface area contributed by atoms with Crippen molar-refractivity contribution in [1.29, 1.82) is 5.26 Å². The normalized spacial score (nSPS) is 12.5. The van der Waals surface area contributed by atoms with E-state index in [1.165, 1.54) is 12.1 Å². The highest BCUT2D eigenvalue weighted by molar-refractivity contribution is 5.57. The molecule has 0 amide bonds. The number of nitrogens with one attached hydrogen (secondary N) is 1. The molecule has 3 nitrogen and oxygen atoms in total. The number of nitrogens with zero attached hydrogens (tertiary/aromatic N) is 2. The Morgan fingerprint density at radius 3 is 2.62 bits per heavy atom. The molecule has 2 aromatic rings. The average Bonchev–Trinajstić information content (AvgIpc) is 2.47. The number of nitriles is 1. The first kappa shape index (κ1) is 14.9. The fourth-order valence-corrected chi connectivity index (χ4v) is 1.92. The van der Waals surface area contributed by atoms with Crippen molar-refractivity contribution in [3.8, 4) is 6.07 Å². The summed E-state index contributed by atoms with van der Waals surface area (Å²) in [5.74, 6) is 0. The molecule has 1 unspecified atom stereocenters. The highest BCUT2D eigenvalue weighted by Gasteiger charge is 2.34. The molecule has 0 saturated carbocycles. The van der Waals surface area contributed by atoms with Gasteiger partial charge in [0.15, 0.2) is 0 Å². The molecule has 6 heteroatoms. The number of rotatable bonds is 3. The van der Waals surface area contributed by atoms with Crippen molar-refractivity contribution < 1.29 is 13.2 Å². The lowest BCUT2D eigenvalue weighted by Crippen LogP contribution is -2.14. The largest absolute Gasteiger partial charge is 0.418 e. The Hall–Kier alpha value is -2.55. The summed E-state index contributed by atoms with van der Waals surface area (Å²) in [5.41, 5.74) is -0.160. The van der Waals surface area contributed by atoms with Crippen molar-refractivity contribution in [3.63, 3.8) is 0 Å². The molecule has 21 heavy (non-hydrogen) atoms. The Balaban J connectivity index is 2.34. The summed E-state index contributed by atoms with van der Waals surface area (Å²) in [5, 5.41) is 11.5. The first-order chi connectivity index (χ1) is 9.91. The number of anilines is 1. The molecular weight excluding hydrogens is 279 g/mol. The van der Waals surface area contributed by atoms with Gasteiger partial charge >= 0.3 is 6.18 Å². The van der Waals surface area contributed by atoms with Crippen molar-refractivity contribution in [1.82, 2.24) is 4.98 Å². The molecule has 1 heterocycles. The Morgan fingerprint density at radius 1 is 1.29 bits per heavy atom. The van der Waals surface area contributed by atoms with E-state index < -0.39 is 11.7 Å². The Kier molecular flexibility index (Phi) is 4.13. The quantitative estimate of drug-likeness (QED) is 0.924. The molecule has 1 aromatic heterocycles. The predicted molar refractivity (Wildman–Crippen MR) is 72.4 cm³/mol. The molecule has 1 atom stereocenters. The van der Waals surface area contributed by atoms with Gasteiger partial charge in [-0.15, -0.1) is 0 Å². The van der Waals surface area contributed by atoms with Crippen molar-refractivity contribution in [2.45, 2.75) is 19.1 Å². The number of hydrogen-bond acceptors (Lipinski definition) is 3. The van der Waals surface area contributed by atoms with Crippen LogP contribution in [0, 0.1) is 11.3 Å². The SMILES string of the molecule is CC(Nc1ccc(C#N)cc1C(F)(F)F)c1cccnc1. The summed E-state index contributed by atoms with van der Waals surface area (Å²) in [6.45, 7) is 1.75. The van der Waals surface area contributed by atoms with Gasteiger partial charge in [-0.2, -0.15) is 18.4 Å². The topological polar surface area (TPSA) is 48.7 Å². The second-order valence-corrected chi connectivity index (χ2v) is 4.52. The average molecular weight is 291 g/mol. The van der Waals surface area contributed by atoms with E-state index in [0.717, 1.165) is 11.6 Å². The molecule has 0 aliphatic rings. The van der Waals surface area contributed by atoms with Gasteiger partial charge in [0, 0.05) is 18.1 Å². The van der Waals surface area contributed by atoms with E-state index in [9.17, 15) is 13.2 Å². The van der Waals surface area contributed by atoms with Gasteiger partial charge in [0.25, 0.3) is 0 Å². The van der Waals surface area contributed by atoms with Crippen molar-refractivity contribution in [2.24, 2.45) is 0 Å². The number of halogens is 3. The third kappa shape index (κ3) is 3.51. The van der Waals surface area contributed by atoms with E-state index in [-0.39, 0.29) is 17.3 Å². The lowest BCUT2D eigenvalue weighted by atomic mass is 10.1. The maximum absolute atomic E-state index is 13.1. The van der Waals surface area contributed by atoms with Crippen LogP contribution >= 0.6 is 0 Å². The Bertz CT molecular complexity index is 660. The summed E-state index contributed by atoms with van der Waals surface area (Å²) in [7, 11) is 0. The van der Waals surface area contributed by atoms with E-state index in [1.807, 2.05) is 0 Å². The first-order valence-corrected chi connectivity index (χ1v) is 6.19. The minimum Gasteiger partial charge on any atom is -0.378 e. The van der Waals surface area contributed by atoms with Crippen molar-refractivity contribution in [2.75, 3.05) is 5.32 Å². The smallest absolute Gasteiger partial charge is 0.378 e. The second kappa shape index (κ2) is 5.83. The van der Waals surface area contributed by atoms with Gasteiger partial charge in [-0.05, 0) is 36.8 Å². The van der Waals surface area contributed by atoms with E-state index >= 15 is 0 Å². The highest BCUT2D eigenvalue weighted by Crippen LogP contribution is 2.36. The van der Waals surface area contributed by atoms with Gasteiger partial charge in [0.05, 0.1) is 23.2 Å². The fraction of sp³-hybridized carbons (Fsp3) is 0.200. The van der Waals surface area contributed by atoms with Crippen LogP contribution in [0.5, 0.6) is 0 Å². The molecule has 0 bridgehead atoms. The lowest BCUT2D eigenvalue weighted by Gasteiger charge is -2.19. The molecular formula is C15H12F3N3. The van der Waals surface area contributed by atoms with Crippen LogP contribution in [0.3, 0.4) is 0 Å². The standard InChI is InChI=1S/C15H12F3N3/c1-10(12-3-2-6-20-9-12)21-14-5-4-11(8-19)7-13(14)15(16,17)18/h2-7,9-10,21H,1H3. The molecule has 0 aliphatic heterocycles. The third-order valence-electron chi connectivity index (χ3n) is 3.01. The lowest BCUT2D eigenvalue weighted by molar-refractivity contribution is -0.137. The molecule has 0 saturated heterocycles. The van der Waals surface area contributed by atoms with E-state index in [2.05, 4.69) is 10.3 Å². The first-order valence-electron chi connectivity index (χ1n) is 6.19. The Labute approximate surface area is 120 Å². The van der Waals surface area contributed by atoms with Gasteiger partial charge in [-0.1, -0.05) is 6.07 Å². The molecule has 0 spiro atoms. The van der Waals surface area contributed by atoms with E-state index in [4.69, 9.17) is 5.26 Å². The number of hydrogen-bond donors (Lipinski definition) is 1. The fourth-order valence-electron chi connectivity index (χ4n) is 1.92. The van der Waals surface area contributed by atoms with Crippen LogP contribution in [-0.2, 0) is 6.18 Å². The Morgan fingerprint density at radius 2 is 2.05 bits per heavy atom. The summed E-state index contributed by atoms with van der Waals surface area (Å²) in [6.07, 6.45) is -1.34. The van der Waals surface area contributed by atoms with Crippen LogP contribution in [-0.4, -0.2) is 4.98 Å². The van der Waals surface area contributed by atoms with Gasteiger partial charge in [-0.3, -0.25) is 4.98 Å². The van der Waals surface area contributed by atoms with Crippen LogP contribution in [0.2, 0.25) is 0 Å². The summed E-state index contributed by atoms with van der Waals surface area (Å²) in [6, 6.07) is 8.34. The van der Waals surface area contributed by atoms with Crippen LogP contribution in [0.25, 0.3) is 0 Å². The van der Waals surface area contributed by atoms with Crippen LogP contribution in [0.15, 0.2) is 42.7 Å². The minimum absolute atomic E-state index is 0.0260. The zero-order valence-electron chi connectivity index (χ0n) is 11.1. The van der Waals surface area contributed by atoms with Crippen LogP contribution in [0.4, 0.5) is 18.9 Å². The van der Waals surface area contributed by atoms with E-state index in [1.54, 1.807) is 37.5 Å². The number of alkyl halides is 3. The van der Waals surface area contributed by atoms with E-state index in [0.29, 0.717) is 0 Å². The number of benzene rings is 1. The molecule has 0 aliphatic carbocycles. The maximum atomic E-state index is 13.1. The minimum atomic E-state index is -4.52. The van der Waals surface area contributed by atoms with Gasteiger partial charge in [0.2, 0.25) is 0 Å². The number of pyridine rings is 1. The third-order valence-corrected chi connectivity index (χ3v) is 3.01. The summed E-state index contributed by atoms with van der Waals surface area (Å²) < 4.78 is 39.2. The maximum Gasteiger partial charge on any atom is 0.418 e. The van der Waals surface area contributed by atoms with Gasteiger partial charge < -0.3 is 5.32 Å².